The number of benzene rings is 1. The number of allylic oxidation sites excluding steroid dienone is 1. The van der Waals surface area contributed by atoms with Crippen molar-refractivity contribution in [1.29, 1.82) is 0 Å². The Morgan fingerprint density at radius 3 is 2.77 bits per heavy atom. The SMILES string of the molecule is C=CC(=O)Nc1ccc(F)c(Nc2nc(N/C(C=NCCO)=C/N)ncc2Cl)c1.CC. The lowest BCUT2D eigenvalue weighted by Gasteiger charge is -2.12. The zero-order chi connectivity index (χ0) is 23.2. The summed E-state index contributed by atoms with van der Waals surface area (Å²) in [4.78, 5) is 23.6. The fourth-order valence-corrected chi connectivity index (χ4v) is 2.14. The molecule has 0 aliphatic carbocycles. The van der Waals surface area contributed by atoms with Crippen molar-refractivity contribution in [3.05, 3.63) is 59.8 Å². The van der Waals surface area contributed by atoms with Crippen molar-refractivity contribution in [1.82, 2.24) is 9.97 Å². The number of nitrogens with one attached hydrogen (secondary N) is 3. The number of carbonyl (C=O) groups excluding carboxylic acids is 1. The van der Waals surface area contributed by atoms with Gasteiger partial charge in [-0.15, -0.1) is 0 Å². The third kappa shape index (κ3) is 8.41. The summed E-state index contributed by atoms with van der Waals surface area (Å²) in [7, 11) is 0. The van der Waals surface area contributed by atoms with E-state index in [-0.39, 0.29) is 35.6 Å². The Kier molecular flexibility index (Phi) is 11.3. The maximum atomic E-state index is 14.2. The summed E-state index contributed by atoms with van der Waals surface area (Å²) in [6.07, 6.45) is 5.08. The Hall–Kier alpha value is -3.50. The van der Waals surface area contributed by atoms with Gasteiger partial charge in [-0.1, -0.05) is 32.0 Å². The lowest BCUT2D eigenvalue weighted by molar-refractivity contribution is -0.111. The molecular formula is C20H25ClFN7O2. The van der Waals surface area contributed by atoms with Gasteiger partial charge in [-0.3, -0.25) is 9.79 Å². The number of hydrogen-bond acceptors (Lipinski definition) is 8. The lowest BCUT2D eigenvalue weighted by atomic mass is 10.2. The molecule has 0 saturated heterocycles. The fraction of sp³-hybridized carbons (Fsp3) is 0.200. The molecule has 11 heteroatoms. The highest BCUT2D eigenvalue weighted by Gasteiger charge is 2.11. The number of carbonyl (C=O) groups is 1. The number of nitrogens with zero attached hydrogens (tertiary/aromatic N) is 3. The van der Waals surface area contributed by atoms with Crippen molar-refractivity contribution in [2.45, 2.75) is 13.8 Å². The van der Waals surface area contributed by atoms with Crippen LogP contribution in [-0.2, 0) is 4.79 Å². The summed E-state index contributed by atoms with van der Waals surface area (Å²) in [5.74, 6) is -0.762. The monoisotopic (exact) mass is 449 g/mol. The molecular weight excluding hydrogens is 425 g/mol. The Morgan fingerprint density at radius 2 is 2.13 bits per heavy atom. The van der Waals surface area contributed by atoms with Crippen LogP contribution < -0.4 is 21.7 Å². The summed E-state index contributed by atoms with van der Waals surface area (Å²) in [6.45, 7) is 7.48. The molecule has 2 rings (SSSR count). The smallest absolute Gasteiger partial charge is 0.247 e. The highest BCUT2D eigenvalue weighted by atomic mass is 35.5. The van der Waals surface area contributed by atoms with Gasteiger partial charge in [0, 0.05) is 18.1 Å². The van der Waals surface area contributed by atoms with Crippen LogP contribution in [0.15, 0.2) is 53.9 Å². The first-order valence-corrected chi connectivity index (χ1v) is 9.66. The van der Waals surface area contributed by atoms with Gasteiger partial charge < -0.3 is 26.8 Å². The van der Waals surface area contributed by atoms with Crippen LogP contribution in [0.5, 0.6) is 0 Å². The van der Waals surface area contributed by atoms with E-state index in [0.29, 0.717) is 11.4 Å². The molecule has 0 bridgehead atoms. The van der Waals surface area contributed by atoms with Gasteiger partial charge in [-0.2, -0.15) is 4.98 Å². The lowest BCUT2D eigenvalue weighted by Crippen LogP contribution is -2.09. The van der Waals surface area contributed by atoms with Crippen LogP contribution in [0.3, 0.4) is 0 Å². The normalized spacial score (nSPS) is 10.8. The topological polar surface area (TPSA) is 138 Å². The van der Waals surface area contributed by atoms with Crippen LogP contribution >= 0.6 is 11.6 Å². The van der Waals surface area contributed by atoms with Crippen LogP contribution in [0.4, 0.5) is 27.5 Å². The van der Waals surface area contributed by atoms with Gasteiger partial charge in [0.25, 0.3) is 0 Å². The molecule has 0 fully saturated rings. The first kappa shape index (κ1) is 25.5. The number of aliphatic imine (C=N–C) groups is 1. The average molecular weight is 450 g/mol. The van der Waals surface area contributed by atoms with Crippen molar-refractivity contribution in [2.75, 3.05) is 29.1 Å². The molecule has 9 nitrogen and oxygen atoms in total. The number of amides is 1. The minimum atomic E-state index is -0.579. The van der Waals surface area contributed by atoms with Crippen LogP contribution in [-0.4, -0.2) is 40.3 Å². The van der Waals surface area contributed by atoms with Gasteiger partial charge in [-0.05, 0) is 24.3 Å². The Labute approximate surface area is 185 Å². The zero-order valence-corrected chi connectivity index (χ0v) is 17.9. The second-order valence-electron chi connectivity index (χ2n) is 5.41. The molecule has 0 spiro atoms. The third-order valence-electron chi connectivity index (χ3n) is 3.31. The summed E-state index contributed by atoms with van der Waals surface area (Å²) in [6, 6.07) is 3.97. The zero-order valence-electron chi connectivity index (χ0n) is 17.2. The molecule has 0 aliphatic rings. The predicted octanol–water partition coefficient (Wildman–Crippen LogP) is 3.44. The van der Waals surface area contributed by atoms with E-state index in [2.05, 4.69) is 37.5 Å². The summed E-state index contributed by atoms with van der Waals surface area (Å²) >= 11 is 6.10. The molecule has 1 amide bonds. The van der Waals surface area contributed by atoms with Gasteiger partial charge in [0.15, 0.2) is 5.82 Å². The van der Waals surface area contributed by atoms with Crippen LogP contribution in [0.2, 0.25) is 5.02 Å². The van der Waals surface area contributed by atoms with Gasteiger partial charge in [0.05, 0.1) is 30.7 Å². The van der Waals surface area contributed by atoms with E-state index in [1.165, 1.54) is 36.8 Å². The quantitative estimate of drug-likeness (QED) is 0.292. The molecule has 166 valence electrons. The summed E-state index contributed by atoms with van der Waals surface area (Å²) in [5, 5.41) is 17.0. The molecule has 0 saturated carbocycles. The van der Waals surface area contributed by atoms with Crippen LogP contribution in [0, 0.1) is 5.82 Å². The molecule has 0 unspecified atom stereocenters. The number of rotatable bonds is 9. The molecule has 1 aromatic carbocycles. The molecule has 2 aromatic rings. The minimum Gasteiger partial charge on any atom is -0.403 e. The van der Waals surface area contributed by atoms with E-state index in [4.69, 9.17) is 22.4 Å². The number of anilines is 4. The molecule has 1 aromatic heterocycles. The van der Waals surface area contributed by atoms with Gasteiger partial charge in [0.2, 0.25) is 11.9 Å². The molecule has 0 radical (unpaired) electrons. The Bertz CT molecular complexity index is 951. The summed E-state index contributed by atoms with van der Waals surface area (Å²) in [5.41, 5.74) is 6.29. The molecule has 0 aliphatic heterocycles. The van der Waals surface area contributed by atoms with E-state index in [9.17, 15) is 9.18 Å². The van der Waals surface area contributed by atoms with Gasteiger partial charge in [0.1, 0.15) is 10.8 Å². The van der Waals surface area contributed by atoms with E-state index in [1.807, 2.05) is 13.8 Å². The van der Waals surface area contributed by atoms with Crippen molar-refractivity contribution in [2.24, 2.45) is 10.7 Å². The Morgan fingerprint density at radius 1 is 1.39 bits per heavy atom. The van der Waals surface area contributed by atoms with E-state index in [1.54, 1.807) is 0 Å². The molecule has 0 atom stereocenters. The maximum Gasteiger partial charge on any atom is 0.247 e. The number of halogens is 2. The van der Waals surface area contributed by atoms with Gasteiger partial charge >= 0.3 is 0 Å². The van der Waals surface area contributed by atoms with E-state index in [0.717, 1.165) is 6.08 Å². The first-order chi connectivity index (χ1) is 15.0. The van der Waals surface area contributed by atoms with Crippen LogP contribution in [0.25, 0.3) is 0 Å². The predicted molar refractivity (Wildman–Crippen MR) is 123 cm³/mol. The number of nitrogens with two attached hydrogens (primary N) is 1. The number of hydrogen-bond donors (Lipinski definition) is 5. The maximum absolute atomic E-state index is 14.2. The standard InChI is InChI=1S/C18H19ClFN7O2.C2H6/c1-2-16(29)24-11-3-4-14(20)15(7-11)26-17-13(19)10-23-18(27-17)25-12(8-21)9-22-5-6-28;1-2/h2-4,7-10,28H,1,5-6,21H2,(H,24,29)(H2,23,25,26,27);1-2H3/b12-8+,22-9?;. The number of aliphatic hydroxyl groups is 1. The highest BCUT2D eigenvalue weighted by Crippen LogP contribution is 2.27. The molecule has 1 heterocycles. The second kappa shape index (κ2) is 13.7. The number of aliphatic hydroxyl groups excluding tert-OH is 1. The molecule has 6 N–H and O–H groups in total. The minimum absolute atomic E-state index is 0.0394. The van der Waals surface area contributed by atoms with Gasteiger partial charge in [-0.25, -0.2) is 9.37 Å². The van der Waals surface area contributed by atoms with Crippen LogP contribution in [0.1, 0.15) is 13.8 Å². The first-order valence-electron chi connectivity index (χ1n) is 9.29. The fourth-order valence-electron chi connectivity index (χ4n) is 2.00. The van der Waals surface area contributed by atoms with E-state index < -0.39 is 11.7 Å². The number of aromatic nitrogens is 2. The average Bonchev–Trinajstić information content (AvgIpc) is 2.78. The van der Waals surface area contributed by atoms with E-state index >= 15 is 0 Å². The second-order valence-corrected chi connectivity index (χ2v) is 5.82. The van der Waals surface area contributed by atoms with Crippen molar-refractivity contribution in [3.8, 4) is 0 Å². The van der Waals surface area contributed by atoms with Crippen molar-refractivity contribution in [3.63, 3.8) is 0 Å². The highest BCUT2D eigenvalue weighted by molar-refractivity contribution is 6.32. The summed E-state index contributed by atoms with van der Waals surface area (Å²) < 4.78 is 14.2. The Balaban J connectivity index is 0.00000233. The van der Waals surface area contributed by atoms with Crippen molar-refractivity contribution >= 4 is 46.9 Å². The third-order valence-corrected chi connectivity index (χ3v) is 3.59. The molecule has 31 heavy (non-hydrogen) atoms. The van der Waals surface area contributed by atoms with Crippen molar-refractivity contribution < 1.29 is 14.3 Å². The largest absolute Gasteiger partial charge is 0.403 e.